The second-order valence-electron chi connectivity index (χ2n) is 11.0. The van der Waals surface area contributed by atoms with Crippen molar-refractivity contribution in [2.75, 3.05) is 49.7 Å². The van der Waals surface area contributed by atoms with Gasteiger partial charge in [-0.2, -0.15) is 4.36 Å². The molecule has 2 fully saturated rings. The van der Waals surface area contributed by atoms with E-state index in [9.17, 15) is 13.8 Å². The van der Waals surface area contributed by atoms with Gasteiger partial charge in [0.25, 0.3) is 5.91 Å². The summed E-state index contributed by atoms with van der Waals surface area (Å²) in [5, 5.41) is 1.00. The predicted molar refractivity (Wildman–Crippen MR) is 170 cm³/mol. The molecule has 2 aromatic heterocycles. The fourth-order valence-electron chi connectivity index (χ4n) is 5.37. The maximum absolute atomic E-state index is 12.7. The Balaban J connectivity index is 1.31. The van der Waals surface area contributed by atoms with Gasteiger partial charge in [0, 0.05) is 66.2 Å². The summed E-state index contributed by atoms with van der Waals surface area (Å²) in [5.74, 6) is 1.57. The van der Waals surface area contributed by atoms with Crippen LogP contribution < -0.4 is 9.64 Å². The zero-order valence-electron chi connectivity index (χ0n) is 24.6. The lowest BCUT2D eigenvalue weighted by Gasteiger charge is -2.31. The number of halogens is 2. The highest BCUT2D eigenvalue weighted by Gasteiger charge is 2.24. The van der Waals surface area contributed by atoms with E-state index in [1.165, 1.54) is 14.0 Å². The first kappa shape index (κ1) is 32.1. The number of methoxy groups -OCH3 is 1. The molecule has 2 aliphatic rings. The van der Waals surface area contributed by atoms with Gasteiger partial charge in [0.15, 0.2) is 5.75 Å². The summed E-state index contributed by atoms with van der Waals surface area (Å²) in [5.41, 5.74) is 2.42. The van der Waals surface area contributed by atoms with Crippen LogP contribution in [0.15, 0.2) is 47.1 Å². The fraction of sp³-hybridized carbons (Fsp3) is 0.433. The molecular weight excluding hydrogens is 627 g/mol. The monoisotopic (exact) mass is 660 g/mol. The van der Waals surface area contributed by atoms with Crippen LogP contribution in [0.4, 0.5) is 5.95 Å². The van der Waals surface area contributed by atoms with Gasteiger partial charge in [0.05, 0.1) is 34.9 Å². The number of piperidine rings is 1. The van der Waals surface area contributed by atoms with Crippen LogP contribution in [0.1, 0.15) is 31.7 Å². The normalized spacial score (nSPS) is 17.2. The van der Waals surface area contributed by atoms with Crippen LogP contribution in [0, 0.1) is 5.92 Å². The zero-order valence-corrected chi connectivity index (χ0v) is 26.9. The first-order chi connectivity index (χ1) is 21.1. The highest BCUT2D eigenvalue weighted by atomic mass is 35.5. The van der Waals surface area contributed by atoms with E-state index in [0.29, 0.717) is 65.3 Å². The van der Waals surface area contributed by atoms with E-state index in [1.54, 1.807) is 30.6 Å². The lowest BCUT2D eigenvalue weighted by atomic mass is 9.93. The Kier molecular flexibility index (Phi) is 10.3. The van der Waals surface area contributed by atoms with E-state index in [0.717, 1.165) is 37.1 Å². The second-order valence-corrected chi connectivity index (χ2v) is 14.4. The molecule has 14 heteroatoms. The number of pyridine rings is 1. The number of benzene rings is 1. The fourth-order valence-corrected chi connectivity index (χ4v) is 7.76. The number of carbonyl (C=O) groups is 2. The number of nitrogens with zero attached hydrogens (tertiary/aromatic N) is 6. The number of hydrogen-bond donors (Lipinski definition) is 0. The Morgan fingerprint density at radius 3 is 2.27 bits per heavy atom. The summed E-state index contributed by atoms with van der Waals surface area (Å²) in [6.07, 6.45) is 5.44. The van der Waals surface area contributed by atoms with E-state index in [2.05, 4.69) is 19.2 Å². The minimum absolute atomic E-state index is 0.164. The summed E-state index contributed by atoms with van der Waals surface area (Å²) in [4.78, 5) is 40.9. The highest BCUT2D eigenvalue weighted by molar-refractivity contribution is 7.94. The Morgan fingerprint density at radius 2 is 1.66 bits per heavy atom. The average molecular weight is 662 g/mol. The van der Waals surface area contributed by atoms with Crippen molar-refractivity contribution in [1.29, 1.82) is 0 Å². The number of amides is 1. The minimum Gasteiger partial charge on any atom is -0.469 e. The molecule has 0 atom stereocenters. The average Bonchev–Trinajstić information content (AvgIpc) is 2.98. The van der Waals surface area contributed by atoms with Crippen LogP contribution in [0.25, 0.3) is 11.3 Å². The predicted octanol–water partition coefficient (Wildman–Crippen LogP) is 5.25. The molecule has 5 rings (SSSR count). The Labute approximate surface area is 267 Å². The molecule has 0 radical (unpaired) electrons. The van der Waals surface area contributed by atoms with Gasteiger partial charge >= 0.3 is 5.97 Å². The van der Waals surface area contributed by atoms with Gasteiger partial charge in [-0.25, -0.2) is 19.2 Å². The Morgan fingerprint density at radius 1 is 1.00 bits per heavy atom. The molecule has 2 aliphatic heterocycles. The summed E-state index contributed by atoms with van der Waals surface area (Å²) in [6.45, 7) is 4.59. The highest BCUT2D eigenvalue weighted by Crippen LogP contribution is 2.31. The van der Waals surface area contributed by atoms with Gasteiger partial charge in [0.1, 0.15) is 0 Å². The number of esters is 1. The second kappa shape index (κ2) is 14.2. The van der Waals surface area contributed by atoms with Crippen LogP contribution in [-0.2, 0) is 30.6 Å². The molecule has 0 unspecified atom stereocenters. The van der Waals surface area contributed by atoms with E-state index in [4.69, 9.17) is 37.7 Å². The van der Waals surface area contributed by atoms with Crippen molar-refractivity contribution in [1.82, 2.24) is 19.9 Å². The molecule has 4 heterocycles. The molecule has 0 saturated carbocycles. The first-order valence-electron chi connectivity index (χ1n) is 14.3. The van der Waals surface area contributed by atoms with Gasteiger partial charge in [-0.3, -0.25) is 14.5 Å². The summed E-state index contributed by atoms with van der Waals surface area (Å²) < 4.78 is 27.5. The lowest BCUT2D eigenvalue weighted by molar-refractivity contribution is -0.142. The number of rotatable bonds is 8. The minimum atomic E-state index is -2.53. The summed E-state index contributed by atoms with van der Waals surface area (Å²) >= 11 is 12.6. The molecule has 1 amide bonds. The molecule has 3 aromatic rings. The van der Waals surface area contributed by atoms with E-state index >= 15 is 0 Å². The number of ether oxygens (including phenoxy) is 2. The van der Waals surface area contributed by atoms with Gasteiger partial charge in [-0.1, -0.05) is 23.2 Å². The van der Waals surface area contributed by atoms with E-state index in [-0.39, 0.29) is 17.5 Å². The summed E-state index contributed by atoms with van der Waals surface area (Å²) in [7, 11) is -1.10. The molecule has 44 heavy (non-hydrogen) atoms. The third-order valence-electron chi connectivity index (χ3n) is 7.59. The number of hydrogen-bond acceptors (Lipinski definition) is 10. The van der Waals surface area contributed by atoms with Crippen molar-refractivity contribution in [3.63, 3.8) is 0 Å². The smallest absolute Gasteiger partial charge is 0.305 e. The van der Waals surface area contributed by atoms with Gasteiger partial charge < -0.3 is 14.4 Å². The topological polar surface area (TPSA) is 127 Å². The van der Waals surface area contributed by atoms with Crippen LogP contribution in [0.2, 0.25) is 10.0 Å². The quantitative estimate of drug-likeness (QED) is 0.296. The van der Waals surface area contributed by atoms with Crippen LogP contribution in [0.5, 0.6) is 11.6 Å². The molecule has 0 N–H and O–H groups in total. The van der Waals surface area contributed by atoms with Crippen molar-refractivity contribution in [3.05, 3.63) is 58.3 Å². The zero-order chi connectivity index (χ0) is 31.3. The maximum atomic E-state index is 12.7. The van der Waals surface area contributed by atoms with Crippen molar-refractivity contribution in [2.45, 2.75) is 32.7 Å². The Bertz CT molecular complexity index is 1610. The van der Waals surface area contributed by atoms with Gasteiger partial charge in [0.2, 0.25) is 11.8 Å². The van der Waals surface area contributed by atoms with Crippen molar-refractivity contribution in [2.24, 2.45) is 10.3 Å². The number of likely N-dealkylation sites (tertiary alicyclic amines) is 1. The molecule has 2 saturated heterocycles. The third kappa shape index (κ3) is 8.65. The largest absolute Gasteiger partial charge is 0.469 e. The standard InChI is InChI=1S/C30H34Cl2N6O5S/c1-20(39)36-44(41)9-7-38(8-10-44)30-33-17-26(18-34-30)43-28-12-22(11-27(35-28)23-14-24(31)16-25(32)15-23)19-37-5-3-21(4-6-37)13-29(40)42-2/h11-12,14-18,21H,3-10,13,19H2,1-2H3. The maximum Gasteiger partial charge on any atom is 0.305 e. The van der Waals surface area contributed by atoms with Crippen LogP contribution >= 0.6 is 23.2 Å². The lowest BCUT2D eigenvalue weighted by Crippen LogP contribution is -2.41. The molecule has 11 nitrogen and oxygen atoms in total. The van der Waals surface area contributed by atoms with Gasteiger partial charge in [-0.15, -0.1) is 0 Å². The van der Waals surface area contributed by atoms with Crippen molar-refractivity contribution < 1.29 is 23.3 Å². The third-order valence-corrected chi connectivity index (χ3v) is 10.3. The summed E-state index contributed by atoms with van der Waals surface area (Å²) in [6, 6.07) is 9.18. The molecule has 0 aliphatic carbocycles. The molecule has 0 bridgehead atoms. The van der Waals surface area contributed by atoms with Crippen LogP contribution in [0.3, 0.4) is 0 Å². The Hall–Kier alpha value is -3.32. The molecule has 234 valence electrons. The molecule has 0 spiro atoms. The van der Waals surface area contributed by atoms with Gasteiger partial charge in [-0.05, 0) is 61.7 Å². The number of aromatic nitrogens is 3. The van der Waals surface area contributed by atoms with E-state index in [1.807, 2.05) is 17.0 Å². The SMILES string of the molecule is COC(=O)CC1CCN(Cc2cc(Oc3cnc(N4CCS(=O)(=NC(C)=O)CC4)nc3)nc(-c3cc(Cl)cc(Cl)c3)c2)CC1. The van der Waals surface area contributed by atoms with Crippen LogP contribution in [-0.4, -0.2) is 80.7 Å². The molecule has 1 aromatic carbocycles. The van der Waals surface area contributed by atoms with E-state index < -0.39 is 15.6 Å². The van der Waals surface area contributed by atoms with Crippen molar-refractivity contribution in [3.8, 4) is 22.9 Å². The number of carbonyl (C=O) groups excluding carboxylic acids is 2. The number of anilines is 1. The van der Waals surface area contributed by atoms with Crippen molar-refractivity contribution >= 4 is 50.8 Å². The molecular formula is C30H34Cl2N6O5S. The first-order valence-corrected chi connectivity index (χ1v) is 16.9.